The van der Waals surface area contributed by atoms with Crippen molar-refractivity contribution in [1.29, 1.82) is 0 Å². The first-order chi connectivity index (χ1) is 8.92. The maximum Gasteiger partial charge on any atom is 0.181 e. The number of benzene rings is 1. The van der Waals surface area contributed by atoms with Gasteiger partial charge in [0.25, 0.3) is 0 Å². The molecule has 1 fully saturated rings. The van der Waals surface area contributed by atoms with Crippen molar-refractivity contribution in [1.82, 2.24) is 10.3 Å². The van der Waals surface area contributed by atoms with Gasteiger partial charge in [0.2, 0.25) is 0 Å². The summed E-state index contributed by atoms with van der Waals surface area (Å²) in [6.07, 6.45) is 5.73. The molecule has 0 bridgehead atoms. The Morgan fingerprint density at radius 3 is 2.89 bits per heavy atom. The highest BCUT2D eigenvalue weighted by Gasteiger charge is 2.13. The van der Waals surface area contributed by atoms with Gasteiger partial charge in [0, 0.05) is 23.8 Å². The number of nitrogens with zero attached hydrogens (tertiary/aromatic N) is 1. The highest BCUT2D eigenvalue weighted by molar-refractivity contribution is 5.60. The van der Waals surface area contributed by atoms with E-state index in [1.54, 1.807) is 6.20 Å². The van der Waals surface area contributed by atoms with Crippen LogP contribution in [0.15, 0.2) is 41.3 Å². The summed E-state index contributed by atoms with van der Waals surface area (Å²) in [5.41, 5.74) is 2.20. The molecule has 1 aromatic carbocycles. The molecule has 0 radical (unpaired) electrons. The first-order valence-corrected chi connectivity index (χ1v) is 6.38. The second-order valence-electron chi connectivity index (χ2n) is 4.62. The van der Waals surface area contributed by atoms with E-state index in [2.05, 4.69) is 27.8 Å². The molecule has 1 unspecified atom stereocenters. The van der Waals surface area contributed by atoms with Crippen LogP contribution in [-0.2, 0) is 0 Å². The Balaban J connectivity index is 1.60. The standard InChI is InChI=1S/C14H17N3O/c1-2-13(16-7-1)8-17-12-5-3-11(4-6-12)14-9-15-10-18-14/h3-6,9-10,13,16-17H,1-2,7-8H2. The molecule has 1 aromatic heterocycles. The van der Waals surface area contributed by atoms with Gasteiger partial charge in [0.1, 0.15) is 0 Å². The molecular weight excluding hydrogens is 226 g/mol. The molecule has 1 aliphatic rings. The molecule has 0 amide bonds. The molecule has 0 spiro atoms. The quantitative estimate of drug-likeness (QED) is 0.866. The van der Waals surface area contributed by atoms with Crippen LogP contribution in [0.1, 0.15) is 12.8 Å². The third kappa shape index (κ3) is 2.54. The lowest BCUT2D eigenvalue weighted by Gasteiger charge is -2.12. The fourth-order valence-electron chi connectivity index (χ4n) is 2.28. The number of oxazole rings is 1. The molecule has 18 heavy (non-hydrogen) atoms. The van der Waals surface area contributed by atoms with Gasteiger partial charge in [-0.05, 0) is 43.7 Å². The predicted molar refractivity (Wildman–Crippen MR) is 71.5 cm³/mol. The Bertz CT molecular complexity index is 472. The minimum absolute atomic E-state index is 0.610. The monoisotopic (exact) mass is 243 g/mol. The lowest BCUT2D eigenvalue weighted by atomic mass is 10.1. The molecule has 0 aliphatic carbocycles. The molecular formula is C14H17N3O. The molecule has 94 valence electrons. The zero-order chi connectivity index (χ0) is 12.2. The first-order valence-electron chi connectivity index (χ1n) is 6.38. The van der Waals surface area contributed by atoms with Crippen LogP contribution in [0.3, 0.4) is 0 Å². The van der Waals surface area contributed by atoms with Crippen molar-refractivity contribution in [3.8, 4) is 11.3 Å². The SMILES string of the molecule is c1ncc(-c2ccc(NCC3CCCN3)cc2)o1. The molecule has 2 heterocycles. The second-order valence-corrected chi connectivity index (χ2v) is 4.62. The van der Waals surface area contributed by atoms with Crippen LogP contribution in [-0.4, -0.2) is 24.1 Å². The van der Waals surface area contributed by atoms with Crippen molar-refractivity contribution < 1.29 is 4.42 Å². The summed E-state index contributed by atoms with van der Waals surface area (Å²) in [5, 5.41) is 6.93. The fraction of sp³-hybridized carbons (Fsp3) is 0.357. The zero-order valence-electron chi connectivity index (χ0n) is 10.2. The number of hydrogen-bond donors (Lipinski definition) is 2. The van der Waals surface area contributed by atoms with Gasteiger partial charge in [-0.25, -0.2) is 4.98 Å². The van der Waals surface area contributed by atoms with Crippen LogP contribution in [0.2, 0.25) is 0 Å². The van der Waals surface area contributed by atoms with E-state index in [-0.39, 0.29) is 0 Å². The minimum atomic E-state index is 0.610. The minimum Gasteiger partial charge on any atom is -0.444 e. The van der Waals surface area contributed by atoms with Gasteiger partial charge in [-0.2, -0.15) is 0 Å². The third-order valence-electron chi connectivity index (χ3n) is 3.32. The largest absolute Gasteiger partial charge is 0.444 e. The lowest BCUT2D eigenvalue weighted by Crippen LogP contribution is -2.29. The molecule has 1 atom stereocenters. The summed E-state index contributed by atoms with van der Waals surface area (Å²) in [5.74, 6) is 0.805. The Kier molecular flexibility index (Phi) is 3.28. The lowest BCUT2D eigenvalue weighted by molar-refractivity contribution is 0.572. The Morgan fingerprint density at radius 2 is 2.22 bits per heavy atom. The third-order valence-corrected chi connectivity index (χ3v) is 3.32. The zero-order valence-corrected chi connectivity index (χ0v) is 10.2. The van der Waals surface area contributed by atoms with Gasteiger partial charge in [0.15, 0.2) is 12.2 Å². The first kappa shape index (κ1) is 11.3. The molecule has 1 aliphatic heterocycles. The summed E-state index contributed by atoms with van der Waals surface area (Å²) in [6, 6.07) is 8.86. The summed E-state index contributed by atoms with van der Waals surface area (Å²) < 4.78 is 5.26. The van der Waals surface area contributed by atoms with E-state index in [0.29, 0.717) is 6.04 Å². The van der Waals surface area contributed by atoms with Crippen LogP contribution in [0, 0.1) is 0 Å². The van der Waals surface area contributed by atoms with Crippen molar-refractivity contribution in [3.63, 3.8) is 0 Å². The van der Waals surface area contributed by atoms with Gasteiger partial charge in [0.05, 0.1) is 6.20 Å². The topological polar surface area (TPSA) is 50.1 Å². The smallest absolute Gasteiger partial charge is 0.181 e. The summed E-state index contributed by atoms with van der Waals surface area (Å²) in [6.45, 7) is 2.14. The fourth-order valence-corrected chi connectivity index (χ4v) is 2.28. The van der Waals surface area contributed by atoms with Crippen LogP contribution in [0.4, 0.5) is 5.69 Å². The number of nitrogens with one attached hydrogen (secondary N) is 2. The number of rotatable bonds is 4. The Hall–Kier alpha value is -1.81. The molecule has 1 saturated heterocycles. The van der Waals surface area contributed by atoms with Crippen molar-refractivity contribution in [2.45, 2.75) is 18.9 Å². The van der Waals surface area contributed by atoms with Crippen molar-refractivity contribution >= 4 is 5.69 Å². The van der Waals surface area contributed by atoms with Crippen molar-refractivity contribution in [3.05, 3.63) is 36.9 Å². The number of anilines is 1. The van der Waals surface area contributed by atoms with Crippen molar-refractivity contribution in [2.24, 2.45) is 0 Å². The summed E-state index contributed by atoms with van der Waals surface area (Å²) in [7, 11) is 0. The highest BCUT2D eigenvalue weighted by Crippen LogP contribution is 2.20. The van der Waals surface area contributed by atoms with E-state index in [0.717, 1.165) is 30.1 Å². The molecule has 2 N–H and O–H groups in total. The van der Waals surface area contributed by atoms with Gasteiger partial charge >= 0.3 is 0 Å². The average molecular weight is 243 g/mol. The maximum absolute atomic E-state index is 5.26. The molecule has 0 saturated carbocycles. The molecule has 3 rings (SSSR count). The van der Waals surface area contributed by atoms with E-state index in [1.807, 2.05) is 12.1 Å². The van der Waals surface area contributed by atoms with Gasteiger partial charge in [-0.15, -0.1) is 0 Å². The Labute approximate surface area is 106 Å². The second kappa shape index (κ2) is 5.23. The summed E-state index contributed by atoms with van der Waals surface area (Å²) in [4.78, 5) is 3.92. The van der Waals surface area contributed by atoms with Crippen LogP contribution < -0.4 is 10.6 Å². The van der Waals surface area contributed by atoms with Gasteiger partial charge in [-0.1, -0.05) is 0 Å². The van der Waals surface area contributed by atoms with E-state index in [4.69, 9.17) is 4.42 Å². The van der Waals surface area contributed by atoms with Crippen LogP contribution in [0.25, 0.3) is 11.3 Å². The van der Waals surface area contributed by atoms with Crippen LogP contribution in [0.5, 0.6) is 0 Å². The van der Waals surface area contributed by atoms with Crippen LogP contribution >= 0.6 is 0 Å². The van der Waals surface area contributed by atoms with Gasteiger partial charge in [-0.3, -0.25) is 0 Å². The predicted octanol–water partition coefficient (Wildman–Crippen LogP) is 2.51. The molecule has 4 heteroatoms. The van der Waals surface area contributed by atoms with Crippen molar-refractivity contribution in [2.75, 3.05) is 18.4 Å². The molecule has 2 aromatic rings. The van der Waals surface area contributed by atoms with E-state index < -0.39 is 0 Å². The van der Waals surface area contributed by atoms with Gasteiger partial charge < -0.3 is 15.1 Å². The number of hydrogen-bond acceptors (Lipinski definition) is 4. The van der Waals surface area contributed by atoms with E-state index in [1.165, 1.54) is 19.2 Å². The number of aromatic nitrogens is 1. The highest BCUT2D eigenvalue weighted by atomic mass is 16.3. The summed E-state index contributed by atoms with van der Waals surface area (Å²) >= 11 is 0. The van der Waals surface area contributed by atoms with E-state index in [9.17, 15) is 0 Å². The Morgan fingerprint density at radius 1 is 1.33 bits per heavy atom. The average Bonchev–Trinajstić information content (AvgIpc) is 3.10. The van der Waals surface area contributed by atoms with E-state index >= 15 is 0 Å². The molecule has 4 nitrogen and oxygen atoms in total. The maximum atomic E-state index is 5.26. The normalized spacial score (nSPS) is 19.0.